The number of hydrogen-bond donors (Lipinski definition) is 0. The molecule has 2 aromatic rings. The van der Waals surface area contributed by atoms with Crippen LogP contribution in [0.3, 0.4) is 0 Å². The first kappa shape index (κ1) is 17.2. The normalized spacial score (nSPS) is 17.8. The SMILES string of the molecule is COc1ccc(C(=O)N2CC[C@H](c3noc(C(F)(F)F)n3)C2)cc1F. The number of alkyl halides is 3. The van der Waals surface area contributed by atoms with Crippen LogP contribution in [0.5, 0.6) is 5.75 Å². The van der Waals surface area contributed by atoms with Gasteiger partial charge < -0.3 is 14.2 Å². The maximum absolute atomic E-state index is 13.7. The van der Waals surface area contributed by atoms with Gasteiger partial charge in [-0.3, -0.25) is 4.79 Å². The zero-order chi connectivity index (χ0) is 18.2. The topological polar surface area (TPSA) is 68.5 Å². The van der Waals surface area contributed by atoms with Gasteiger partial charge in [-0.1, -0.05) is 5.16 Å². The molecule has 1 atom stereocenters. The van der Waals surface area contributed by atoms with Crippen molar-refractivity contribution in [3.05, 3.63) is 41.3 Å². The maximum atomic E-state index is 13.7. The van der Waals surface area contributed by atoms with Crippen LogP contribution in [0.2, 0.25) is 0 Å². The summed E-state index contributed by atoms with van der Waals surface area (Å²) in [7, 11) is 1.31. The number of amides is 1. The van der Waals surface area contributed by atoms with Crippen LogP contribution in [0.15, 0.2) is 22.7 Å². The van der Waals surface area contributed by atoms with Crippen molar-refractivity contribution < 1.29 is 31.6 Å². The monoisotopic (exact) mass is 359 g/mol. The molecule has 134 valence electrons. The smallest absolute Gasteiger partial charge is 0.471 e. The van der Waals surface area contributed by atoms with Crippen molar-refractivity contribution in [1.82, 2.24) is 15.0 Å². The number of carbonyl (C=O) groups excluding carboxylic acids is 1. The molecule has 1 fully saturated rings. The molecule has 25 heavy (non-hydrogen) atoms. The van der Waals surface area contributed by atoms with E-state index in [4.69, 9.17) is 4.74 Å². The van der Waals surface area contributed by atoms with Gasteiger partial charge in [0.15, 0.2) is 17.4 Å². The molecule has 6 nitrogen and oxygen atoms in total. The zero-order valence-electron chi connectivity index (χ0n) is 13.0. The van der Waals surface area contributed by atoms with E-state index < -0.39 is 29.7 Å². The molecule has 0 aliphatic carbocycles. The Morgan fingerprint density at radius 2 is 2.16 bits per heavy atom. The first-order valence-electron chi connectivity index (χ1n) is 7.33. The largest absolute Gasteiger partial charge is 0.494 e. The first-order valence-corrected chi connectivity index (χ1v) is 7.33. The van der Waals surface area contributed by atoms with Gasteiger partial charge in [0.25, 0.3) is 5.91 Å². The van der Waals surface area contributed by atoms with Crippen LogP contribution in [-0.2, 0) is 6.18 Å². The van der Waals surface area contributed by atoms with E-state index in [-0.39, 0.29) is 23.7 Å². The molecule has 1 saturated heterocycles. The summed E-state index contributed by atoms with van der Waals surface area (Å²) in [5.41, 5.74) is 0.128. The lowest BCUT2D eigenvalue weighted by Crippen LogP contribution is -2.28. The van der Waals surface area contributed by atoms with Crippen LogP contribution in [-0.4, -0.2) is 41.1 Å². The van der Waals surface area contributed by atoms with Crippen LogP contribution in [0.25, 0.3) is 0 Å². The van der Waals surface area contributed by atoms with Crippen molar-refractivity contribution in [2.45, 2.75) is 18.5 Å². The van der Waals surface area contributed by atoms with Crippen LogP contribution in [0.1, 0.15) is 34.4 Å². The van der Waals surface area contributed by atoms with Crippen molar-refractivity contribution in [3.8, 4) is 5.75 Å². The van der Waals surface area contributed by atoms with Crippen LogP contribution in [0, 0.1) is 5.82 Å². The number of hydrogen-bond acceptors (Lipinski definition) is 5. The van der Waals surface area contributed by atoms with Crippen molar-refractivity contribution in [3.63, 3.8) is 0 Å². The van der Waals surface area contributed by atoms with E-state index in [2.05, 4.69) is 14.7 Å². The fourth-order valence-electron chi connectivity index (χ4n) is 2.65. The summed E-state index contributed by atoms with van der Waals surface area (Å²) in [6, 6.07) is 3.82. The lowest BCUT2D eigenvalue weighted by molar-refractivity contribution is -0.159. The predicted molar refractivity (Wildman–Crippen MR) is 75.5 cm³/mol. The lowest BCUT2D eigenvalue weighted by atomic mass is 10.1. The van der Waals surface area contributed by atoms with Gasteiger partial charge in [-0.25, -0.2) is 4.39 Å². The van der Waals surface area contributed by atoms with Crippen molar-refractivity contribution in [2.24, 2.45) is 0 Å². The quantitative estimate of drug-likeness (QED) is 0.789. The number of methoxy groups -OCH3 is 1. The number of aromatic nitrogens is 2. The minimum absolute atomic E-state index is 0.0160. The second-order valence-electron chi connectivity index (χ2n) is 5.54. The van der Waals surface area contributed by atoms with Crippen LogP contribution < -0.4 is 4.74 Å². The molecule has 0 saturated carbocycles. The highest BCUT2D eigenvalue weighted by Gasteiger charge is 2.40. The average molecular weight is 359 g/mol. The van der Waals surface area contributed by atoms with Gasteiger partial charge in [0.1, 0.15) is 0 Å². The Kier molecular flexibility index (Phi) is 4.36. The standard InChI is InChI=1S/C15H13F4N3O3/c1-24-11-3-2-8(6-10(11)16)13(23)22-5-4-9(7-22)12-20-14(25-21-12)15(17,18)19/h2-3,6,9H,4-5,7H2,1H3/t9-/m0/s1. The maximum Gasteiger partial charge on any atom is 0.471 e. The Morgan fingerprint density at radius 1 is 1.40 bits per heavy atom. The van der Waals surface area contributed by atoms with Gasteiger partial charge in [-0.2, -0.15) is 18.2 Å². The molecule has 3 rings (SSSR count). The highest BCUT2D eigenvalue weighted by Crippen LogP contribution is 2.31. The minimum atomic E-state index is -4.71. The number of benzene rings is 1. The van der Waals surface area contributed by atoms with Gasteiger partial charge in [-0.15, -0.1) is 0 Å². The fourth-order valence-corrected chi connectivity index (χ4v) is 2.65. The van der Waals surface area contributed by atoms with Crippen molar-refractivity contribution >= 4 is 5.91 Å². The summed E-state index contributed by atoms with van der Waals surface area (Å²) in [5.74, 6) is -3.05. The summed E-state index contributed by atoms with van der Waals surface area (Å²) in [4.78, 5) is 17.2. The lowest BCUT2D eigenvalue weighted by Gasteiger charge is -2.16. The van der Waals surface area contributed by atoms with Gasteiger partial charge in [0, 0.05) is 24.6 Å². The van der Waals surface area contributed by atoms with E-state index >= 15 is 0 Å². The summed E-state index contributed by atoms with van der Waals surface area (Å²) < 4.78 is 60.2. The van der Waals surface area contributed by atoms with E-state index in [9.17, 15) is 22.4 Å². The van der Waals surface area contributed by atoms with Gasteiger partial charge in [0.05, 0.1) is 7.11 Å². The number of carbonyl (C=O) groups is 1. The summed E-state index contributed by atoms with van der Waals surface area (Å²) in [6.07, 6.45) is -4.32. The number of ether oxygens (including phenoxy) is 1. The molecule has 0 unspecified atom stereocenters. The highest BCUT2D eigenvalue weighted by molar-refractivity contribution is 5.94. The second-order valence-corrected chi connectivity index (χ2v) is 5.54. The Labute approximate surface area is 139 Å². The van der Waals surface area contributed by atoms with Crippen LogP contribution in [0.4, 0.5) is 17.6 Å². The molecule has 0 N–H and O–H groups in total. The van der Waals surface area contributed by atoms with Gasteiger partial charge in [-0.05, 0) is 24.6 Å². The molecule has 1 aromatic heterocycles. The Balaban J connectivity index is 1.71. The first-order chi connectivity index (χ1) is 11.8. The fraction of sp³-hybridized carbons (Fsp3) is 0.400. The molecule has 0 spiro atoms. The zero-order valence-corrected chi connectivity index (χ0v) is 13.0. The number of likely N-dealkylation sites (tertiary alicyclic amines) is 1. The van der Waals surface area contributed by atoms with E-state index in [1.54, 1.807) is 0 Å². The molecule has 1 aromatic carbocycles. The number of halogens is 4. The van der Waals surface area contributed by atoms with Crippen LogP contribution >= 0.6 is 0 Å². The molecule has 1 aliphatic rings. The van der Waals surface area contributed by atoms with E-state index in [1.807, 2.05) is 0 Å². The molecule has 10 heteroatoms. The average Bonchev–Trinajstić information content (AvgIpc) is 3.22. The van der Waals surface area contributed by atoms with Gasteiger partial charge in [0.2, 0.25) is 0 Å². The third kappa shape index (κ3) is 3.42. The molecule has 1 amide bonds. The molecule has 0 radical (unpaired) electrons. The Hall–Kier alpha value is -2.65. The Bertz CT molecular complexity index is 791. The molecular weight excluding hydrogens is 346 g/mol. The molecule has 0 bridgehead atoms. The summed E-state index contributed by atoms with van der Waals surface area (Å²) >= 11 is 0. The number of rotatable bonds is 3. The predicted octanol–water partition coefficient (Wildman–Crippen LogP) is 2.87. The Morgan fingerprint density at radius 3 is 2.76 bits per heavy atom. The third-order valence-corrected chi connectivity index (χ3v) is 3.92. The number of nitrogens with zero attached hydrogens (tertiary/aromatic N) is 3. The van der Waals surface area contributed by atoms with Crippen molar-refractivity contribution in [1.29, 1.82) is 0 Å². The van der Waals surface area contributed by atoms with E-state index in [1.165, 1.54) is 24.1 Å². The second kappa shape index (κ2) is 6.34. The van der Waals surface area contributed by atoms with E-state index in [0.717, 1.165) is 6.07 Å². The van der Waals surface area contributed by atoms with E-state index in [0.29, 0.717) is 13.0 Å². The summed E-state index contributed by atoms with van der Waals surface area (Å²) in [5, 5.41) is 3.35. The molecule has 2 heterocycles. The minimum Gasteiger partial charge on any atom is -0.494 e. The summed E-state index contributed by atoms with van der Waals surface area (Å²) in [6.45, 7) is 0.427. The molecule has 1 aliphatic heterocycles. The molecular formula is C15H13F4N3O3. The van der Waals surface area contributed by atoms with Crippen molar-refractivity contribution in [2.75, 3.05) is 20.2 Å². The van der Waals surface area contributed by atoms with Gasteiger partial charge >= 0.3 is 12.1 Å². The third-order valence-electron chi connectivity index (χ3n) is 3.92. The highest BCUT2D eigenvalue weighted by atomic mass is 19.4.